The molecular formula is C10H8Cl2N2S. The Morgan fingerprint density at radius 2 is 2.00 bits per heavy atom. The van der Waals surface area contributed by atoms with E-state index in [0.29, 0.717) is 21.6 Å². The Balaban J connectivity index is 2.58. The molecule has 0 aliphatic heterocycles. The minimum atomic E-state index is 0.305. The number of aromatic nitrogens is 1. The van der Waals surface area contributed by atoms with Gasteiger partial charge in [-0.1, -0.05) is 23.2 Å². The summed E-state index contributed by atoms with van der Waals surface area (Å²) in [4.78, 5) is 5.38. The van der Waals surface area contributed by atoms with Gasteiger partial charge in [-0.05, 0) is 19.1 Å². The fraction of sp³-hybridized carbons (Fsp3) is 0.100. The molecule has 2 heterocycles. The van der Waals surface area contributed by atoms with Crippen molar-refractivity contribution in [2.75, 3.05) is 5.73 Å². The van der Waals surface area contributed by atoms with E-state index in [1.165, 1.54) is 4.88 Å². The van der Waals surface area contributed by atoms with Gasteiger partial charge in [0.05, 0.1) is 15.7 Å². The molecule has 0 amide bonds. The first-order valence-corrected chi connectivity index (χ1v) is 5.88. The molecule has 2 aromatic heterocycles. The van der Waals surface area contributed by atoms with Crippen LogP contribution in [0.1, 0.15) is 4.88 Å². The highest BCUT2D eigenvalue weighted by Crippen LogP contribution is 2.33. The standard InChI is InChI=1S/C10H8Cl2N2S/c1-5-2-6(4-15-5)9-7(11)3-8(12)10(13)14-9/h2-4H,1H3,(H2,13,14). The normalized spacial score (nSPS) is 10.6. The lowest BCUT2D eigenvalue weighted by Gasteiger charge is -2.03. The van der Waals surface area contributed by atoms with Crippen LogP contribution in [0.15, 0.2) is 17.5 Å². The predicted octanol–water partition coefficient (Wildman–Crippen LogP) is 4.01. The summed E-state index contributed by atoms with van der Waals surface area (Å²) in [7, 11) is 0. The Morgan fingerprint density at radius 3 is 2.60 bits per heavy atom. The summed E-state index contributed by atoms with van der Waals surface area (Å²) in [6.07, 6.45) is 0. The number of aryl methyl sites for hydroxylation is 1. The summed E-state index contributed by atoms with van der Waals surface area (Å²) in [6.45, 7) is 2.03. The van der Waals surface area contributed by atoms with Crippen LogP contribution < -0.4 is 5.73 Å². The maximum absolute atomic E-state index is 6.05. The first-order valence-electron chi connectivity index (χ1n) is 4.25. The average Bonchev–Trinajstić information content (AvgIpc) is 2.58. The van der Waals surface area contributed by atoms with Gasteiger partial charge in [0.25, 0.3) is 0 Å². The summed E-state index contributed by atoms with van der Waals surface area (Å²) in [5.41, 5.74) is 7.30. The summed E-state index contributed by atoms with van der Waals surface area (Å²) in [5.74, 6) is 0.305. The van der Waals surface area contributed by atoms with Crippen molar-refractivity contribution in [1.82, 2.24) is 4.98 Å². The zero-order valence-electron chi connectivity index (χ0n) is 7.92. The third kappa shape index (κ3) is 2.09. The van der Waals surface area contributed by atoms with Gasteiger partial charge in [-0.3, -0.25) is 0 Å². The number of nitrogen functional groups attached to an aromatic ring is 1. The van der Waals surface area contributed by atoms with Crippen LogP contribution in [-0.2, 0) is 0 Å². The zero-order valence-corrected chi connectivity index (χ0v) is 10.2. The molecule has 2 N–H and O–H groups in total. The lowest BCUT2D eigenvalue weighted by atomic mass is 10.2. The fourth-order valence-corrected chi connectivity index (χ4v) is 2.41. The minimum absolute atomic E-state index is 0.305. The Bertz CT molecular complexity index is 508. The van der Waals surface area contributed by atoms with Crippen molar-refractivity contribution < 1.29 is 0 Å². The SMILES string of the molecule is Cc1cc(-c2nc(N)c(Cl)cc2Cl)cs1. The van der Waals surface area contributed by atoms with Crippen molar-refractivity contribution >= 4 is 40.4 Å². The smallest absolute Gasteiger partial charge is 0.143 e. The van der Waals surface area contributed by atoms with Crippen LogP contribution in [0, 0.1) is 6.92 Å². The Morgan fingerprint density at radius 1 is 1.27 bits per heavy atom. The van der Waals surface area contributed by atoms with E-state index in [9.17, 15) is 0 Å². The van der Waals surface area contributed by atoms with Crippen LogP contribution in [0.3, 0.4) is 0 Å². The number of nitrogens with two attached hydrogens (primary N) is 1. The first kappa shape index (κ1) is 10.7. The number of hydrogen-bond acceptors (Lipinski definition) is 3. The molecule has 0 aromatic carbocycles. The maximum atomic E-state index is 6.05. The molecule has 0 radical (unpaired) electrons. The van der Waals surface area contributed by atoms with E-state index in [1.54, 1.807) is 17.4 Å². The van der Waals surface area contributed by atoms with Crippen LogP contribution in [0.25, 0.3) is 11.3 Å². The largest absolute Gasteiger partial charge is 0.382 e. The molecule has 0 bridgehead atoms. The summed E-state index contributed by atoms with van der Waals surface area (Å²) in [5, 5.41) is 2.90. The van der Waals surface area contributed by atoms with Gasteiger partial charge in [-0.2, -0.15) is 0 Å². The Labute approximate surface area is 102 Å². The predicted molar refractivity (Wildman–Crippen MR) is 66.7 cm³/mol. The van der Waals surface area contributed by atoms with E-state index in [-0.39, 0.29) is 0 Å². The average molecular weight is 259 g/mol. The second-order valence-electron chi connectivity index (χ2n) is 3.13. The highest BCUT2D eigenvalue weighted by Gasteiger charge is 2.10. The molecule has 78 valence electrons. The van der Waals surface area contributed by atoms with E-state index < -0.39 is 0 Å². The molecular weight excluding hydrogens is 251 g/mol. The van der Waals surface area contributed by atoms with Gasteiger partial charge in [0, 0.05) is 15.8 Å². The first-order chi connectivity index (χ1) is 7.08. The molecule has 0 aliphatic rings. The van der Waals surface area contributed by atoms with Crippen molar-refractivity contribution in [2.24, 2.45) is 0 Å². The number of halogens is 2. The molecule has 2 rings (SSSR count). The number of rotatable bonds is 1. The third-order valence-corrected chi connectivity index (χ3v) is 3.41. The van der Waals surface area contributed by atoms with Crippen molar-refractivity contribution in [1.29, 1.82) is 0 Å². The lowest BCUT2D eigenvalue weighted by Crippen LogP contribution is -1.93. The molecule has 0 saturated carbocycles. The van der Waals surface area contributed by atoms with E-state index in [4.69, 9.17) is 28.9 Å². The monoisotopic (exact) mass is 258 g/mol. The molecule has 2 aromatic rings. The molecule has 2 nitrogen and oxygen atoms in total. The van der Waals surface area contributed by atoms with E-state index in [0.717, 1.165) is 5.56 Å². The molecule has 0 saturated heterocycles. The third-order valence-electron chi connectivity index (χ3n) is 1.96. The van der Waals surface area contributed by atoms with Crippen LogP contribution in [0.5, 0.6) is 0 Å². The highest BCUT2D eigenvalue weighted by atomic mass is 35.5. The van der Waals surface area contributed by atoms with Gasteiger partial charge in [-0.25, -0.2) is 4.98 Å². The molecule has 0 aliphatic carbocycles. The topological polar surface area (TPSA) is 38.9 Å². The second-order valence-corrected chi connectivity index (χ2v) is 5.06. The number of thiophene rings is 1. The van der Waals surface area contributed by atoms with Crippen LogP contribution in [0.4, 0.5) is 5.82 Å². The number of pyridine rings is 1. The second kappa shape index (κ2) is 4.00. The summed E-state index contributed by atoms with van der Waals surface area (Å²) < 4.78 is 0. The van der Waals surface area contributed by atoms with Gasteiger partial charge < -0.3 is 5.73 Å². The Kier molecular flexibility index (Phi) is 2.87. The summed E-state index contributed by atoms with van der Waals surface area (Å²) >= 11 is 13.5. The van der Waals surface area contributed by atoms with Crippen molar-refractivity contribution in [3.63, 3.8) is 0 Å². The van der Waals surface area contributed by atoms with E-state index in [2.05, 4.69) is 4.98 Å². The fourth-order valence-electron chi connectivity index (χ4n) is 1.25. The van der Waals surface area contributed by atoms with Crippen LogP contribution in [0.2, 0.25) is 10.0 Å². The molecule has 15 heavy (non-hydrogen) atoms. The Hall–Kier alpha value is -0.770. The zero-order chi connectivity index (χ0) is 11.0. The van der Waals surface area contributed by atoms with Gasteiger partial charge in [0.15, 0.2) is 0 Å². The van der Waals surface area contributed by atoms with Gasteiger partial charge in [0.1, 0.15) is 5.82 Å². The molecule has 5 heteroatoms. The highest BCUT2D eigenvalue weighted by molar-refractivity contribution is 7.10. The molecule has 0 fully saturated rings. The van der Waals surface area contributed by atoms with Gasteiger partial charge in [0.2, 0.25) is 0 Å². The minimum Gasteiger partial charge on any atom is -0.382 e. The number of nitrogens with zero attached hydrogens (tertiary/aromatic N) is 1. The van der Waals surface area contributed by atoms with E-state index >= 15 is 0 Å². The number of anilines is 1. The molecule has 0 spiro atoms. The molecule has 0 atom stereocenters. The lowest BCUT2D eigenvalue weighted by molar-refractivity contribution is 1.34. The maximum Gasteiger partial charge on any atom is 0.143 e. The summed E-state index contributed by atoms with van der Waals surface area (Å²) in [6, 6.07) is 3.64. The van der Waals surface area contributed by atoms with Crippen LogP contribution in [-0.4, -0.2) is 4.98 Å². The van der Waals surface area contributed by atoms with Crippen molar-refractivity contribution in [3.8, 4) is 11.3 Å². The van der Waals surface area contributed by atoms with Gasteiger partial charge >= 0.3 is 0 Å². The number of hydrogen-bond donors (Lipinski definition) is 1. The quantitative estimate of drug-likeness (QED) is 0.840. The van der Waals surface area contributed by atoms with Crippen LogP contribution >= 0.6 is 34.5 Å². The molecule has 0 unspecified atom stereocenters. The van der Waals surface area contributed by atoms with Crippen molar-refractivity contribution in [2.45, 2.75) is 6.92 Å². The van der Waals surface area contributed by atoms with Gasteiger partial charge in [-0.15, -0.1) is 11.3 Å². The van der Waals surface area contributed by atoms with E-state index in [1.807, 2.05) is 18.4 Å². The van der Waals surface area contributed by atoms with Crippen molar-refractivity contribution in [3.05, 3.63) is 32.4 Å².